The molecule has 0 aliphatic carbocycles. The first kappa shape index (κ1) is 13.1. The van der Waals surface area contributed by atoms with E-state index in [4.69, 9.17) is 11.5 Å². The van der Waals surface area contributed by atoms with Crippen LogP contribution in [0.1, 0.15) is 23.2 Å². The topological polar surface area (TPSA) is 88.5 Å². The van der Waals surface area contributed by atoms with Gasteiger partial charge in [-0.3, -0.25) is 4.79 Å². The van der Waals surface area contributed by atoms with Crippen molar-refractivity contribution in [3.05, 3.63) is 5.56 Å². The number of carbonyl (C=O) groups excluding carboxylic acids is 1. The van der Waals surface area contributed by atoms with E-state index in [1.807, 2.05) is 14.1 Å². The number of rotatable bonds is 4. The van der Waals surface area contributed by atoms with Crippen LogP contribution >= 0.6 is 11.5 Å². The van der Waals surface area contributed by atoms with E-state index < -0.39 is 5.91 Å². The van der Waals surface area contributed by atoms with Crippen LogP contribution in [-0.4, -0.2) is 48.4 Å². The normalized spacial score (nSPS) is 19.7. The minimum Gasteiger partial charge on any atom is -0.382 e. The third-order valence-electron chi connectivity index (χ3n) is 3.16. The fraction of sp³-hybridized carbons (Fsp3) is 0.636. The molecule has 4 N–H and O–H groups in total. The number of anilines is 2. The van der Waals surface area contributed by atoms with Crippen molar-refractivity contribution < 1.29 is 4.79 Å². The minimum atomic E-state index is -0.494. The SMILES string of the molecule is CN(C)CC1CCCN1c1snc(N)c1C(N)=O. The van der Waals surface area contributed by atoms with Gasteiger partial charge in [0, 0.05) is 19.1 Å². The van der Waals surface area contributed by atoms with Gasteiger partial charge >= 0.3 is 0 Å². The lowest BCUT2D eigenvalue weighted by Gasteiger charge is -2.27. The van der Waals surface area contributed by atoms with Gasteiger partial charge < -0.3 is 21.3 Å². The highest BCUT2D eigenvalue weighted by atomic mass is 32.1. The Bertz CT molecular complexity index is 445. The zero-order chi connectivity index (χ0) is 13.3. The molecule has 0 aromatic carbocycles. The highest BCUT2D eigenvalue weighted by molar-refractivity contribution is 7.11. The molecule has 1 aromatic rings. The Morgan fingerprint density at radius 2 is 2.33 bits per heavy atom. The van der Waals surface area contributed by atoms with E-state index in [2.05, 4.69) is 14.2 Å². The second kappa shape index (κ2) is 5.11. The van der Waals surface area contributed by atoms with Gasteiger partial charge in [-0.15, -0.1) is 0 Å². The Balaban J connectivity index is 2.27. The summed E-state index contributed by atoms with van der Waals surface area (Å²) in [5.74, 6) is -0.246. The smallest absolute Gasteiger partial charge is 0.255 e. The molecule has 0 radical (unpaired) electrons. The van der Waals surface area contributed by atoms with Gasteiger partial charge in [-0.05, 0) is 38.5 Å². The molecule has 0 saturated carbocycles. The van der Waals surface area contributed by atoms with Crippen LogP contribution in [0.5, 0.6) is 0 Å². The minimum absolute atomic E-state index is 0.248. The lowest BCUT2D eigenvalue weighted by Crippen LogP contribution is -2.38. The van der Waals surface area contributed by atoms with Crippen molar-refractivity contribution in [1.29, 1.82) is 0 Å². The summed E-state index contributed by atoms with van der Waals surface area (Å²) >= 11 is 1.26. The molecule has 6 nitrogen and oxygen atoms in total. The largest absolute Gasteiger partial charge is 0.382 e. The van der Waals surface area contributed by atoms with Crippen molar-refractivity contribution in [3.8, 4) is 0 Å². The van der Waals surface area contributed by atoms with Gasteiger partial charge in [0.2, 0.25) is 0 Å². The molecule has 2 heterocycles. The van der Waals surface area contributed by atoms with Gasteiger partial charge in [0.05, 0.1) is 0 Å². The number of hydrogen-bond acceptors (Lipinski definition) is 6. The first-order valence-corrected chi connectivity index (χ1v) is 6.74. The van der Waals surface area contributed by atoms with E-state index in [0.717, 1.165) is 30.9 Å². The zero-order valence-corrected chi connectivity index (χ0v) is 11.5. The number of likely N-dealkylation sites (N-methyl/N-ethyl adjacent to an activating group) is 1. The molecule has 0 spiro atoms. The summed E-state index contributed by atoms with van der Waals surface area (Å²) in [6.07, 6.45) is 2.24. The van der Waals surface area contributed by atoms with Gasteiger partial charge in [0.15, 0.2) is 5.82 Å². The predicted octanol–water partition coefficient (Wildman–Crippen LogP) is 0.355. The lowest BCUT2D eigenvalue weighted by atomic mass is 10.2. The van der Waals surface area contributed by atoms with Crippen LogP contribution in [0.3, 0.4) is 0 Å². The van der Waals surface area contributed by atoms with Crippen molar-refractivity contribution >= 4 is 28.3 Å². The second-order valence-corrected chi connectivity index (χ2v) is 5.62. The first-order valence-electron chi connectivity index (χ1n) is 5.97. The number of hydrogen-bond donors (Lipinski definition) is 2. The zero-order valence-electron chi connectivity index (χ0n) is 10.7. The summed E-state index contributed by atoms with van der Waals surface area (Å²) in [4.78, 5) is 15.8. The summed E-state index contributed by atoms with van der Waals surface area (Å²) in [6.45, 7) is 1.89. The highest BCUT2D eigenvalue weighted by Crippen LogP contribution is 2.35. The fourth-order valence-corrected chi connectivity index (χ4v) is 3.35. The predicted molar refractivity (Wildman–Crippen MR) is 74.0 cm³/mol. The molecule has 2 rings (SSSR count). The molecule has 1 amide bonds. The first-order chi connectivity index (χ1) is 8.50. The molecule has 7 heteroatoms. The van der Waals surface area contributed by atoms with Crippen molar-refractivity contribution in [2.75, 3.05) is 37.8 Å². The number of primary amides is 1. The van der Waals surface area contributed by atoms with E-state index >= 15 is 0 Å². The van der Waals surface area contributed by atoms with Crippen LogP contribution in [-0.2, 0) is 0 Å². The van der Waals surface area contributed by atoms with Crippen molar-refractivity contribution in [2.45, 2.75) is 18.9 Å². The molecule has 1 unspecified atom stereocenters. The van der Waals surface area contributed by atoms with Gasteiger partial charge in [-0.1, -0.05) is 0 Å². The van der Waals surface area contributed by atoms with Crippen molar-refractivity contribution in [3.63, 3.8) is 0 Å². The number of carbonyl (C=O) groups is 1. The van der Waals surface area contributed by atoms with Gasteiger partial charge in [-0.2, -0.15) is 4.37 Å². The molecule has 1 atom stereocenters. The summed E-state index contributed by atoms with van der Waals surface area (Å²) < 4.78 is 4.06. The Morgan fingerprint density at radius 1 is 1.61 bits per heavy atom. The number of nitrogens with zero attached hydrogens (tertiary/aromatic N) is 3. The number of nitrogen functional groups attached to an aromatic ring is 1. The number of nitrogens with two attached hydrogens (primary N) is 2. The van der Waals surface area contributed by atoms with Crippen LogP contribution in [0, 0.1) is 0 Å². The molecule has 18 heavy (non-hydrogen) atoms. The van der Waals surface area contributed by atoms with Gasteiger partial charge in [-0.25, -0.2) is 0 Å². The summed E-state index contributed by atoms with van der Waals surface area (Å²) in [7, 11) is 4.10. The summed E-state index contributed by atoms with van der Waals surface area (Å²) in [6, 6.07) is 0.401. The third-order valence-corrected chi connectivity index (χ3v) is 4.06. The Hall–Kier alpha value is -1.34. The van der Waals surface area contributed by atoms with Crippen molar-refractivity contribution in [2.24, 2.45) is 5.73 Å². The second-order valence-electron chi connectivity index (χ2n) is 4.86. The van der Waals surface area contributed by atoms with E-state index in [9.17, 15) is 4.79 Å². The molecule has 1 aliphatic heterocycles. The molecular formula is C11H19N5OS. The molecule has 0 bridgehead atoms. The Morgan fingerprint density at radius 3 is 2.94 bits per heavy atom. The fourth-order valence-electron chi connectivity index (χ4n) is 2.44. The quantitative estimate of drug-likeness (QED) is 0.823. The van der Waals surface area contributed by atoms with Crippen LogP contribution < -0.4 is 16.4 Å². The van der Waals surface area contributed by atoms with Crippen LogP contribution in [0.4, 0.5) is 10.8 Å². The maximum Gasteiger partial charge on any atom is 0.255 e. The molecule has 1 aliphatic rings. The average molecular weight is 269 g/mol. The van der Waals surface area contributed by atoms with Crippen LogP contribution in [0.25, 0.3) is 0 Å². The Labute approximate surface area is 111 Å². The third kappa shape index (κ3) is 2.41. The van der Waals surface area contributed by atoms with E-state index in [-0.39, 0.29) is 5.82 Å². The van der Waals surface area contributed by atoms with E-state index in [1.54, 1.807) is 0 Å². The maximum absolute atomic E-state index is 11.5. The van der Waals surface area contributed by atoms with E-state index in [1.165, 1.54) is 11.5 Å². The molecule has 1 saturated heterocycles. The van der Waals surface area contributed by atoms with E-state index in [0.29, 0.717) is 11.6 Å². The Kier molecular flexibility index (Phi) is 3.72. The monoisotopic (exact) mass is 269 g/mol. The highest BCUT2D eigenvalue weighted by Gasteiger charge is 2.30. The molecular weight excluding hydrogens is 250 g/mol. The van der Waals surface area contributed by atoms with Crippen LogP contribution in [0.15, 0.2) is 0 Å². The maximum atomic E-state index is 11.5. The summed E-state index contributed by atoms with van der Waals surface area (Å²) in [5.41, 5.74) is 11.5. The molecule has 1 aromatic heterocycles. The number of amides is 1. The molecule has 1 fully saturated rings. The number of aromatic nitrogens is 1. The average Bonchev–Trinajstić information content (AvgIpc) is 2.83. The molecule has 100 valence electrons. The summed E-state index contributed by atoms with van der Waals surface area (Å²) in [5, 5.41) is 0.823. The standard InChI is InChI=1S/C11H19N5OS/c1-15(2)6-7-4-3-5-16(7)11-8(10(13)17)9(12)14-18-11/h7H,3-6H2,1-2H3,(H2,12,14)(H2,13,17). The lowest BCUT2D eigenvalue weighted by molar-refractivity contribution is 0.100. The van der Waals surface area contributed by atoms with Gasteiger partial charge in [0.1, 0.15) is 10.6 Å². The van der Waals surface area contributed by atoms with Crippen LogP contribution in [0.2, 0.25) is 0 Å². The van der Waals surface area contributed by atoms with Gasteiger partial charge in [0.25, 0.3) is 5.91 Å². The van der Waals surface area contributed by atoms with Crippen molar-refractivity contribution in [1.82, 2.24) is 9.27 Å².